The van der Waals surface area contributed by atoms with Crippen molar-refractivity contribution in [2.75, 3.05) is 5.32 Å². The van der Waals surface area contributed by atoms with E-state index in [1.54, 1.807) is 12.1 Å². The summed E-state index contributed by atoms with van der Waals surface area (Å²) in [5.74, 6) is -0.137. The van der Waals surface area contributed by atoms with Crippen LogP contribution in [-0.2, 0) is 0 Å². The van der Waals surface area contributed by atoms with Gasteiger partial charge in [0.05, 0.1) is 10.6 Å². The van der Waals surface area contributed by atoms with Crippen molar-refractivity contribution in [3.05, 3.63) is 63.1 Å². The number of halogens is 2. The Kier molecular flexibility index (Phi) is 4.55. The molecule has 0 aliphatic heterocycles. The van der Waals surface area contributed by atoms with Crippen LogP contribution in [0.4, 0.5) is 6.01 Å². The number of rotatable bonds is 3. The predicted octanol–water partition coefficient (Wildman–Crippen LogP) is 4.91. The number of nitrogens with one attached hydrogen (secondary N) is 1. The van der Waals surface area contributed by atoms with E-state index in [9.17, 15) is 4.79 Å². The summed E-state index contributed by atoms with van der Waals surface area (Å²) in [5.41, 5.74) is 3.13. The first kappa shape index (κ1) is 16.5. The number of anilines is 1. The van der Waals surface area contributed by atoms with Crippen LogP contribution >= 0.6 is 23.2 Å². The van der Waals surface area contributed by atoms with Gasteiger partial charge in [0, 0.05) is 10.6 Å². The van der Waals surface area contributed by atoms with Gasteiger partial charge in [-0.25, -0.2) is 0 Å². The number of carbonyl (C=O) groups is 1. The number of hydrogen-bond donors (Lipinski definition) is 1. The van der Waals surface area contributed by atoms with Crippen molar-refractivity contribution in [2.45, 2.75) is 13.8 Å². The van der Waals surface area contributed by atoms with Crippen molar-refractivity contribution in [3.8, 4) is 11.5 Å². The Balaban J connectivity index is 1.85. The first-order valence-corrected chi connectivity index (χ1v) is 7.87. The molecule has 0 spiro atoms. The van der Waals surface area contributed by atoms with Crippen molar-refractivity contribution in [3.63, 3.8) is 0 Å². The van der Waals surface area contributed by atoms with Gasteiger partial charge in [-0.2, -0.15) is 0 Å². The summed E-state index contributed by atoms with van der Waals surface area (Å²) in [6.45, 7) is 3.92. The minimum atomic E-state index is -0.473. The molecule has 0 atom stereocenters. The molecule has 3 aromatic rings. The summed E-state index contributed by atoms with van der Waals surface area (Å²) in [5, 5.41) is 11.1. The van der Waals surface area contributed by atoms with Crippen LogP contribution in [0.3, 0.4) is 0 Å². The Morgan fingerprint density at radius 1 is 1.08 bits per heavy atom. The molecule has 3 rings (SSSR count). The number of benzene rings is 2. The summed E-state index contributed by atoms with van der Waals surface area (Å²) < 4.78 is 5.54. The number of aromatic nitrogens is 2. The zero-order valence-corrected chi connectivity index (χ0v) is 14.4. The molecule has 122 valence electrons. The second-order valence-corrected chi connectivity index (χ2v) is 6.15. The fourth-order valence-corrected chi connectivity index (χ4v) is 2.56. The van der Waals surface area contributed by atoms with Gasteiger partial charge in [0.1, 0.15) is 0 Å². The maximum atomic E-state index is 12.3. The molecule has 0 aliphatic rings. The molecule has 0 unspecified atom stereocenters. The van der Waals surface area contributed by atoms with Gasteiger partial charge >= 0.3 is 6.01 Å². The lowest BCUT2D eigenvalue weighted by Crippen LogP contribution is -2.12. The molecule has 1 amide bonds. The number of hydrogen-bond acceptors (Lipinski definition) is 4. The maximum absolute atomic E-state index is 12.3. The number of carbonyl (C=O) groups excluding carboxylic acids is 1. The summed E-state index contributed by atoms with van der Waals surface area (Å²) >= 11 is 11.9. The van der Waals surface area contributed by atoms with Gasteiger partial charge in [0.15, 0.2) is 0 Å². The van der Waals surface area contributed by atoms with Crippen molar-refractivity contribution >= 4 is 35.1 Å². The Labute approximate surface area is 148 Å². The van der Waals surface area contributed by atoms with Crippen molar-refractivity contribution in [2.24, 2.45) is 0 Å². The van der Waals surface area contributed by atoms with E-state index in [0.717, 1.165) is 16.7 Å². The zero-order chi connectivity index (χ0) is 17.3. The number of aryl methyl sites for hydroxylation is 2. The fraction of sp³-hybridized carbons (Fsp3) is 0.118. The topological polar surface area (TPSA) is 68.0 Å². The second-order valence-electron chi connectivity index (χ2n) is 5.31. The maximum Gasteiger partial charge on any atom is 0.322 e. The molecule has 0 saturated heterocycles. The van der Waals surface area contributed by atoms with E-state index in [0.29, 0.717) is 10.9 Å². The molecule has 0 bridgehead atoms. The van der Waals surface area contributed by atoms with Gasteiger partial charge in [0.25, 0.3) is 5.91 Å². The molecule has 0 radical (unpaired) electrons. The number of amides is 1. The van der Waals surface area contributed by atoms with Crippen LogP contribution in [-0.4, -0.2) is 16.1 Å². The van der Waals surface area contributed by atoms with Crippen LogP contribution in [0.5, 0.6) is 0 Å². The third-order valence-electron chi connectivity index (χ3n) is 3.44. The lowest BCUT2D eigenvalue weighted by atomic mass is 10.1. The first-order valence-electron chi connectivity index (χ1n) is 7.11. The highest BCUT2D eigenvalue weighted by Crippen LogP contribution is 2.26. The molecule has 0 aliphatic carbocycles. The highest BCUT2D eigenvalue weighted by Gasteiger charge is 2.16. The average Bonchev–Trinajstić information content (AvgIpc) is 3.00. The lowest BCUT2D eigenvalue weighted by molar-refractivity contribution is 0.102. The molecule has 1 heterocycles. The smallest absolute Gasteiger partial charge is 0.322 e. The van der Waals surface area contributed by atoms with E-state index < -0.39 is 5.91 Å². The van der Waals surface area contributed by atoms with Crippen molar-refractivity contribution in [1.82, 2.24) is 10.2 Å². The van der Waals surface area contributed by atoms with E-state index in [4.69, 9.17) is 27.6 Å². The Hall–Kier alpha value is -2.37. The van der Waals surface area contributed by atoms with Crippen molar-refractivity contribution in [1.29, 1.82) is 0 Å². The monoisotopic (exact) mass is 361 g/mol. The third-order valence-corrected chi connectivity index (χ3v) is 4.01. The van der Waals surface area contributed by atoms with E-state index in [-0.39, 0.29) is 16.6 Å². The van der Waals surface area contributed by atoms with Crippen LogP contribution in [0, 0.1) is 13.8 Å². The second kappa shape index (κ2) is 6.63. The van der Waals surface area contributed by atoms with Crippen LogP contribution in [0.1, 0.15) is 21.5 Å². The van der Waals surface area contributed by atoms with Crippen molar-refractivity contribution < 1.29 is 9.21 Å². The Bertz CT molecular complexity index is 922. The minimum absolute atomic E-state index is 0.00746. The van der Waals surface area contributed by atoms with Gasteiger partial charge in [0.2, 0.25) is 5.89 Å². The van der Waals surface area contributed by atoms with Gasteiger partial charge in [-0.1, -0.05) is 46.0 Å². The molecule has 1 aromatic heterocycles. The number of nitrogens with zero attached hydrogens (tertiary/aromatic N) is 2. The van der Waals surface area contributed by atoms with E-state index in [1.165, 1.54) is 6.07 Å². The van der Waals surface area contributed by atoms with Crippen LogP contribution in [0.25, 0.3) is 11.5 Å². The molecule has 1 N–H and O–H groups in total. The highest BCUT2D eigenvalue weighted by atomic mass is 35.5. The van der Waals surface area contributed by atoms with Crippen LogP contribution in [0.15, 0.2) is 40.8 Å². The van der Waals surface area contributed by atoms with Gasteiger partial charge < -0.3 is 4.42 Å². The molecular weight excluding hydrogens is 349 g/mol. The normalized spacial score (nSPS) is 10.7. The Morgan fingerprint density at radius 2 is 1.88 bits per heavy atom. The van der Waals surface area contributed by atoms with Crippen LogP contribution in [0.2, 0.25) is 10.0 Å². The highest BCUT2D eigenvalue weighted by molar-refractivity contribution is 6.36. The summed E-state index contributed by atoms with van der Waals surface area (Å²) in [6.07, 6.45) is 0. The SMILES string of the molecule is Cc1ccc(C)c(-c2nnc(NC(=O)c3cc(Cl)ccc3Cl)o2)c1. The molecule has 5 nitrogen and oxygen atoms in total. The minimum Gasteiger partial charge on any atom is -0.403 e. The van der Waals surface area contributed by atoms with Gasteiger partial charge in [-0.3, -0.25) is 10.1 Å². The molecule has 0 saturated carbocycles. The Morgan fingerprint density at radius 3 is 2.67 bits per heavy atom. The molecule has 24 heavy (non-hydrogen) atoms. The third kappa shape index (κ3) is 3.42. The summed E-state index contributed by atoms with van der Waals surface area (Å²) in [4.78, 5) is 12.3. The molecule has 0 fully saturated rings. The molecule has 2 aromatic carbocycles. The zero-order valence-electron chi connectivity index (χ0n) is 12.9. The van der Waals surface area contributed by atoms with Crippen LogP contribution < -0.4 is 5.32 Å². The van der Waals surface area contributed by atoms with E-state index in [2.05, 4.69) is 15.5 Å². The van der Waals surface area contributed by atoms with Gasteiger partial charge in [-0.15, -0.1) is 5.10 Å². The quantitative estimate of drug-likeness (QED) is 0.719. The fourth-order valence-electron chi connectivity index (χ4n) is 2.18. The lowest BCUT2D eigenvalue weighted by Gasteiger charge is -2.04. The van der Waals surface area contributed by atoms with E-state index >= 15 is 0 Å². The first-order chi connectivity index (χ1) is 11.4. The summed E-state index contributed by atoms with van der Waals surface area (Å²) in [7, 11) is 0. The van der Waals surface area contributed by atoms with Gasteiger partial charge in [-0.05, 0) is 43.7 Å². The largest absolute Gasteiger partial charge is 0.403 e. The predicted molar refractivity (Wildman–Crippen MR) is 93.6 cm³/mol. The molecule has 7 heteroatoms. The molecular formula is C17H13Cl2N3O2. The summed E-state index contributed by atoms with van der Waals surface area (Å²) in [6, 6.07) is 10.5. The van der Waals surface area contributed by atoms with E-state index in [1.807, 2.05) is 32.0 Å². The standard InChI is InChI=1S/C17H13Cl2N3O2/c1-9-3-4-10(2)12(7-9)16-21-22-17(24-16)20-15(23)13-8-11(18)5-6-14(13)19/h3-8H,1-2H3,(H,20,22,23). The average molecular weight is 362 g/mol.